The monoisotopic (exact) mass is 397 g/mol. The Bertz CT molecular complexity index is 882. The summed E-state index contributed by atoms with van der Waals surface area (Å²) in [6, 6.07) is 9.00. The number of imide groups is 1. The van der Waals surface area contributed by atoms with Crippen molar-refractivity contribution in [2.24, 2.45) is 4.99 Å². The molecule has 1 aromatic rings. The third kappa shape index (κ3) is 3.07. The molecule has 2 atom stereocenters. The zero-order valence-corrected chi connectivity index (χ0v) is 17.1. The van der Waals surface area contributed by atoms with Gasteiger partial charge in [-0.2, -0.15) is 0 Å². The van der Waals surface area contributed by atoms with Crippen molar-refractivity contribution in [3.8, 4) is 0 Å². The number of benzene rings is 1. The average molecular weight is 397 g/mol. The van der Waals surface area contributed by atoms with Crippen LogP contribution in [-0.2, 0) is 11.2 Å². The van der Waals surface area contributed by atoms with Gasteiger partial charge in [0.2, 0.25) is 5.96 Å². The number of carbonyl (C=O) groups excluding carboxylic acids is 2. The van der Waals surface area contributed by atoms with Crippen LogP contribution in [0.5, 0.6) is 0 Å². The zero-order valence-electron chi connectivity index (χ0n) is 17.1. The number of hydrogen-bond acceptors (Lipinski definition) is 6. The quantitative estimate of drug-likeness (QED) is 0.786. The fourth-order valence-corrected chi connectivity index (χ4v) is 4.27. The Hall–Kier alpha value is -2.87. The normalized spacial score (nSPS) is 23.8. The summed E-state index contributed by atoms with van der Waals surface area (Å²) < 4.78 is 0. The second-order valence-corrected chi connectivity index (χ2v) is 7.68. The smallest absolute Gasteiger partial charge is 0.328 e. The average Bonchev–Trinajstić information content (AvgIpc) is 3.22. The van der Waals surface area contributed by atoms with Gasteiger partial charge < -0.3 is 14.9 Å². The number of nitrogens with zero attached hydrogens (tertiary/aromatic N) is 5. The van der Waals surface area contributed by atoms with Gasteiger partial charge in [0, 0.05) is 38.1 Å². The summed E-state index contributed by atoms with van der Waals surface area (Å²) in [6.45, 7) is 5.03. The predicted molar refractivity (Wildman–Crippen MR) is 109 cm³/mol. The van der Waals surface area contributed by atoms with Crippen LogP contribution < -0.4 is 0 Å². The van der Waals surface area contributed by atoms with Gasteiger partial charge >= 0.3 is 6.03 Å². The molecule has 29 heavy (non-hydrogen) atoms. The molecule has 0 saturated carbocycles. The van der Waals surface area contributed by atoms with Gasteiger partial charge in [0.1, 0.15) is 0 Å². The largest absolute Gasteiger partial charge is 0.396 e. The van der Waals surface area contributed by atoms with E-state index in [9.17, 15) is 14.7 Å². The van der Waals surface area contributed by atoms with Crippen molar-refractivity contribution < 1.29 is 14.7 Å². The minimum atomic E-state index is -0.544. The number of aliphatic hydroxyl groups excluding tert-OH is 1. The maximum atomic E-state index is 13.4. The first-order chi connectivity index (χ1) is 14.0. The first-order valence-corrected chi connectivity index (χ1v) is 10.0. The molecule has 1 aromatic carbocycles. The van der Waals surface area contributed by atoms with E-state index in [0.29, 0.717) is 31.9 Å². The summed E-state index contributed by atoms with van der Waals surface area (Å²) in [5.74, 6) is 0.491. The van der Waals surface area contributed by atoms with Gasteiger partial charge in [0.05, 0.1) is 0 Å². The summed E-state index contributed by atoms with van der Waals surface area (Å²) in [7, 11) is 1.71. The van der Waals surface area contributed by atoms with Crippen LogP contribution >= 0.6 is 0 Å². The van der Waals surface area contributed by atoms with E-state index < -0.39 is 12.2 Å². The molecule has 8 heteroatoms. The van der Waals surface area contributed by atoms with Crippen molar-refractivity contribution in [1.29, 1.82) is 0 Å². The molecule has 0 aromatic heterocycles. The molecular formula is C21H27N5O3. The minimum absolute atomic E-state index is 0.0908. The Morgan fingerprint density at radius 2 is 1.76 bits per heavy atom. The van der Waals surface area contributed by atoms with E-state index in [-0.39, 0.29) is 18.5 Å². The molecule has 3 amide bonds. The number of allylic oxidation sites excluding steroid dienone is 2. The van der Waals surface area contributed by atoms with Gasteiger partial charge in [-0.25, -0.2) is 9.79 Å². The number of likely N-dealkylation sites (N-methyl/N-ethyl adjacent to an activating group) is 1. The number of urea groups is 1. The number of aliphatic hydroxyl groups is 1. The first-order valence-electron chi connectivity index (χ1n) is 10.0. The fraction of sp³-hybridized carbons (Fsp3) is 0.476. The molecule has 1 saturated heterocycles. The highest BCUT2D eigenvalue weighted by atomic mass is 16.3. The topological polar surface area (TPSA) is 79.7 Å². The highest BCUT2D eigenvalue weighted by Crippen LogP contribution is 2.37. The minimum Gasteiger partial charge on any atom is -0.396 e. The molecule has 4 rings (SSSR count). The summed E-state index contributed by atoms with van der Waals surface area (Å²) in [4.78, 5) is 37.9. The van der Waals surface area contributed by atoms with E-state index >= 15 is 0 Å². The van der Waals surface area contributed by atoms with Crippen molar-refractivity contribution >= 4 is 17.9 Å². The van der Waals surface area contributed by atoms with Crippen LogP contribution in [0.2, 0.25) is 0 Å². The number of aliphatic imine (C=N–C) groups is 1. The highest BCUT2D eigenvalue weighted by Gasteiger charge is 2.55. The van der Waals surface area contributed by atoms with Crippen LogP contribution in [0, 0.1) is 0 Å². The van der Waals surface area contributed by atoms with Gasteiger partial charge in [-0.3, -0.25) is 14.6 Å². The van der Waals surface area contributed by atoms with Crippen molar-refractivity contribution in [3.05, 3.63) is 47.3 Å². The highest BCUT2D eigenvalue weighted by molar-refractivity contribution is 6.05. The predicted octanol–water partition coefficient (Wildman–Crippen LogP) is 1.44. The lowest BCUT2D eigenvalue weighted by Crippen LogP contribution is -2.64. The van der Waals surface area contributed by atoms with Gasteiger partial charge in [0.15, 0.2) is 12.2 Å². The van der Waals surface area contributed by atoms with E-state index in [4.69, 9.17) is 4.99 Å². The number of fused-ring (bicyclic) bond motifs is 3. The van der Waals surface area contributed by atoms with Gasteiger partial charge in [0.25, 0.3) is 5.91 Å². The fourth-order valence-electron chi connectivity index (χ4n) is 4.27. The molecule has 0 radical (unpaired) electrons. The third-order valence-electron chi connectivity index (χ3n) is 6.01. The van der Waals surface area contributed by atoms with Crippen molar-refractivity contribution in [3.63, 3.8) is 0 Å². The summed E-state index contributed by atoms with van der Waals surface area (Å²) in [6.07, 6.45) is 0.699. The van der Waals surface area contributed by atoms with E-state index in [2.05, 4.69) is 0 Å². The summed E-state index contributed by atoms with van der Waals surface area (Å²) in [5, 5.41) is 9.22. The molecule has 0 spiro atoms. The third-order valence-corrected chi connectivity index (χ3v) is 6.01. The van der Waals surface area contributed by atoms with Crippen LogP contribution in [0.1, 0.15) is 25.8 Å². The van der Waals surface area contributed by atoms with Crippen molar-refractivity contribution in [2.75, 3.05) is 26.7 Å². The Morgan fingerprint density at radius 3 is 2.45 bits per heavy atom. The van der Waals surface area contributed by atoms with E-state index in [1.54, 1.807) is 11.9 Å². The van der Waals surface area contributed by atoms with Crippen molar-refractivity contribution in [2.45, 2.75) is 38.9 Å². The Labute approximate surface area is 170 Å². The lowest BCUT2D eigenvalue weighted by molar-refractivity contribution is -0.136. The zero-order chi connectivity index (χ0) is 20.7. The van der Waals surface area contributed by atoms with Crippen LogP contribution in [0.25, 0.3) is 0 Å². The van der Waals surface area contributed by atoms with Crippen molar-refractivity contribution in [1.82, 2.24) is 19.6 Å². The molecule has 0 aliphatic carbocycles. The van der Waals surface area contributed by atoms with Gasteiger partial charge in [-0.15, -0.1) is 0 Å². The van der Waals surface area contributed by atoms with E-state index in [1.807, 2.05) is 54.0 Å². The molecule has 3 aliphatic rings. The van der Waals surface area contributed by atoms with Crippen LogP contribution in [0.4, 0.5) is 4.79 Å². The Kier molecular flexibility index (Phi) is 5.04. The van der Waals surface area contributed by atoms with Gasteiger partial charge in [-0.05, 0) is 32.3 Å². The maximum Gasteiger partial charge on any atom is 0.328 e. The lowest BCUT2D eigenvalue weighted by atomic mass is 10.1. The standard InChI is InChI=1S/C21H27N5O3/c1-14-15(2)26-17-18(22-20(26)24(14)11-7-13-27)23(3)21(29)25(19(17)28)12-10-16-8-5-4-6-9-16/h4-6,8-9,17-18,27H,7,10-13H2,1-3H3. The molecule has 8 nitrogen and oxygen atoms in total. The second-order valence-electron chi connectivity index (χ2n) is 7.68. The Balaban J connectivity index is 1.59. The molecule has 3 aliphatic heterocycles. The molecule has 1 fully saturated rings. The van der Waals surface area contributed by atoms with Crippen LogP contribution in [0.3, 0.4) is 0 Å². The van der Waals surface area contributed by atoms with Gasteiger partial charge in [-0.1, -0.05) is 30.3 Å². The lowest BCUT2D eigenvalue weighted by Gasteiger charge is -2.40. The summed E-state index contributed by atoms with van der Waals surface area (Å²) in [5.41, 5.74) is 3.08. The Morgan fingerprint density at radius 1 is 1.03 bits per heavy atom. The molecule has 3 heterocycles. The van der Waals surface area contributed by atoms with Crippen LogP contribution in [-0.4, -0.2) is 81.6 Å². The second kappa shape index (κ2) is 7.51. The molecule has 154 valence electrons. The molecule has 0 bridgehead atoms. The number of amides is 3. The summed E-state index contributed by atoms with van der Waals surface area (Å²) >= 11 is 0. The number of rotatable bonds is 6. The number of carbonyl (C=O) groups is 2. The molecular weight excluding hydrogens is 370 g/mol. The molecule has 1 N–H and O–H groups in total. The first kappa shape index (κ1) is 19.4. The molecule has 2 unspecified atom stereocenters. The number of hydrogen-bond donors (Lipinski definition) is 1. The SMILES string of the molecule is CC1=C(C)N2C(=NC3C2C(=O)N(CCc2ccccc2)C(=O)N3C)N1CCCO. The van der Waals surface area contributed by atoms with Crippen LogP contribution in [0.15, 0.2) is 46.7 Å². The number of guanidine groups is 1. The van der Waals surface area contributed by atoms with E-state index in [1.165, 1.54) is 4.90 Å². The maximum absolute atomic E-state index is 13.4. The van der Waals surface area contributed by atoms with E-state index in [0.717, 1.165) is 17.0 Å².